The lowest BCUT2D eigenvalue weighted by molar-refractivity contribution is 0.461. The van der Waals surface area contributed by atoms with Gasteiger partial charge in [-0.3, -0.25) is 0 Å². The molecule has 0 aromatic heterocycles. The fourth-order valence-corrected chi connectivity index (χ4v) is 4.12. The van der Waals surface area contributed by atoms with Crippen molar-refractivity contribution in [1.82, 2.24) is 0 Å². The van der Waals surface area contributed by atoms with Gasteiger partial charge in [0, 0.05) is 18.2 Å². The van der Waals surface area contributed by atoms with Gasteiger partial charge in [-0.25, -0.2) is 0 Å². The van der Waals surface area contributed by atoms with Crippen LogP contribution in [-0.2, 0) is 0 Å². The molecule has 31 heavy (non-hydrogen) atoms. The van der Waals surface area contributed by atoms with Gasteiger partial charge in [-0.15, -0.1) is 0 Å². The summed E-state index contributed by atoms with van der Waals surface area (Å²) in [7, 11) is 0. The molecule has 3 aromatic rings. The Labute approximate surface area is 221 Å². The Morgan fingerprint density at radius 1 is 0.452 bits per heavy atom. The molecular weight excluding hydrogens is 595 g/mol. The Balaban J connectivity index is 2.10. The normalized spacial score (nSPS) is 11.0. The van der Waals surface area contributed by atoms with E-state index in [1.165, 1.54) is 18.2 Å². The standard InChI is InChI=1S/C18H7Cl9N2O2/c19-4-1-7(30-8-2-5(28)11(21)16(26)13(8)23)15(25)18(10(4)20)31-9-3-6(29)12(22)17(27)14(9)24/h1-3H,28-29H2. The van der Waals surface area contributed by atoms with E-state index in [4.69, 9.17) is 125 Å². The molecule has 0 atom stereocenters. The van der Waals surface area contributed by atoms with Crippen LogP contribution >= 0.6 is 104 Å². The van der Waals surface area contributed by atoms with Gasteiger partial charge in [-0.1, -0.05) is 104 Å². The molecule has 0 aliphatic heterocycles. The molecule has 4 nitrogen and oxygen atoms in total. The molecule has 0 amide bonds. The molecule has 164 valence electrons. The maximum Gasteiger partial charge on any atom is 0.170 e. The zero-order valence-corrected chi connectivity index (χ0v) is 21.4. The van der Waals surface area contributed by atoms with Gasteiger partial charge < -0.3 is 20.9 Å². The molecule has 0 saturated heterocycles. The first-order valence-electron chi connectivity index (χ1n) is 7.83. The maximum atomic E-state index is 6.45. The number of benzene rings is 3. The Morgan fingerprint density at radius 3 is 1.35 bits per heavy atom. The van der Waals surface area contributed by atoms with Crippen molar-refractivity contribution in [3.63, 3.8) is 0 Å². The number of hydrogen-bond donors (Lipinski definition) is 2. The van der Waals surface area contributed by atoms with Gasteiger partial charge in [0.1, 0.15) is 31.6 Å². The summed E-state index contributed by atoms with van der Waals surface area (Å²) in [5.41, 5.74) is 11.9. The average Bonchev–Trinajstić information content (AvgIpc) is 2.73. The SMILES string of the molecule is Nc1cc(Oc2cc(Cl)c(Cl)c(Oc3cc(N)c(Cl)c(Cl)c3Cl)c2Cl)c(Cl)c(Cl)c1Cl. The van der Waals surface area contributed by atoms with Gasteiger partial charge in [0.15, 0.2) is 11.5 Å². The number of hydrogen-bond acceptors (Lipinski definition) is 4. The second-order valence-electron chi connectivity index (χ2n) is 5.83. The molecule has 0 saturated carbocycles. The molecule has 3 rings (SSSR count). The van der Waals surface area contributed by atoms with Crippen molar-refractivity contribution in [3.8, 4) is 23.0 Å². The lowest BCUT2D eigenvalue weighted by Crippen LogP contribution is -1.96. The first-order chi connectivity index (χ1) is 14.4. The van der Waals surface area contributed by atoms with Crippen LogP contribution in [0.2, 0.25) is 45.2 Å². The molecule has 0 spiro atoms. The Hall–Kier alpha value is -0.530. The van der Waals surface area contributed by atoms with Crippen molar-refractivity contribution in [2.45, 2.75) is 0 Å². The van der Waals surface area contributed by atoms with E-state index in [0.717, 1.165) is 0 Å². The molecule has 4 N–H and O–H groups in total. The Morgan fingerprint density at radius 2 is 0.871 bits per heavy atom. The summed E-state index contributed by atoms with van der Waals surface area (Å²) in [6.45, 7) is 0. The third-order valence-corrected chi connectivity index (χ3v) is 7.63. The third-order valence-electron chi connectivity index (χ3n) is 3.80. The van der Waals surface area contributed by atoms with Gasteiger partial charge in [0.25, 0.3) is 0 Å². The van der Waals surface area contributed by atoms with Crippen molar-refractivity contribution < 1.29 is 9.47 Å². The van der Waals surface area contributed by atoms with E-state index in [-0.39, 0.29) is 79.6 Å². The van der Waals surface area contributed by atoms with E-state index >= 15 is 0 Å². The topological polar surface area (TPSA) is 70.5 Å². The fraction of sp³-hybridized carbons (Fsp3) is 0. The highest BCUT2D eigenvalue weighted by Gasteiger charge is 2.23. The maximum absolute atomic E-state index is 6.45. The van der Waals surface area contributed by atoms with Crippen molar-refractivity contribution in [2.75, 3.05) is 11.5 Å². The number of halogens is 9. The average molecular weight is 602 g/mol. The minimum atomic E-state index is -0.0883. The third kappa shape index (κ3) is 4.89. The second-order valence-corrected chi connectivity index (χ2v) is 9.26. The Bertz CT molecular complexity index is 1220. The smallest absolute Gasteiger partial charge is 0.170 e. The lowest BCUT2D eigenvalue weighted by Gasteiger charge is -2.17. The molecular formula is C18H7Cl9N2O2. The monoisotopic (exact) mass is 598 g/mol. The van der Waals surface area contributed by atoms with Gasteiger partial charge in [-0.05, 0) is 0 Å². The van der Waals surface area contributed by atoms with Gasteiger partial charge in [-0.2, -0.15) is 0 Å². The number of anilines is 2. The number of nitrogen functional groups attached to an aromatic ring is 2. The van der Waals surface area contributed by atoms with E-state index < -0.39 is 0 Å². The highest BCUT2D eigenvalue weighted by atomic mass is 35.5. The minimum Gasteiger partial charge on any atom is -0.454 e. The predicted octanol–water partition coefficient (Wildman–Crippen LogP) is 10.3. The van der Waals surface area contributed by atoms with Crippen LogP contribution in [0.25, 0.3) is 0 Å². The summed E-state index contributed by atoms with van der Waals surface area (Å²) in [5.74, 6) is 0.0311. The van der Waals surface area contributed by atoms with Crippen LogP contribution in [0.3, 0.4) is 0 Å². The molecule has 0 fully saturated rings. The van der Waals surface area contributed by atoms with Gasteiger partial charge in [0.05, 0.1) is 36.5 Å². The Kier molecular flexibility index (Phi) is 7.90. The van der Waals surface area contributed by atoms with Gasteiger partial charge >= 0.3 is 0 Å². The van der Waals surface area contributed by atoms with Crippen LogP contribution in [0.15, 0.2) is 18.2 Å². The van der Waals surface area contributed by atoms with E-state index in [1.807, 2.05) is 0 Å². The summed E-state index contributed by atoms with van der Waals surface area (Å²) in [6, 6.07) is 4.06. The van der Waals surface area contributed by atoms with Crippen LogP contribution in [0.4, 0.5) is 11.4 Å². The number of nitrogens with two attached hydrogens (primary N) is 2. The molecule has 0 heterocycles. The molecule has 0 bridgehead atoms. The molecule has 3 aromatic carbocycles. The van der Waals surface area contributed by atoms with Crippen molar-refractivity contribution in [1.29, 1.82) is 0 Å². The van der Waals surface area contributed by atoms with E-state index in [9.17, 15) is 0 Å². The van der Waals surface area contributed by atoms with Crippen molar-refractivity contribution in [3.05, 3.63) is 63.4 Å². The quantitative estimate of drug-likeness (QED) is 0.177. The van der Waals surface area contributed by atoms with Crippen LogP contribution in [0.5, 0.6) is 23.0 Å². The minimum absolute atomic E-state index is 0.00375. The summed E-state index contributed by atoms with van der Waals surface area (Å²) in [4.78, 5) is 0. The molecule has 0 aliphatic carbocycles. The lowest BCUT2D eigenvalue weighted by atomic mass is 10.2. The van der Waals surface area contributed by atoms with E-state index in [1.54, 1.807) is 0 Å². The fourth-order valence-electron chi connectivity index (χ4n) is 2.30. The molecule has 0 aliphatic rings. The van der Waals surface area contributed by atoms with Crippen molar-refractivity contribution in [2.24, 2.45) is 0 Å². The van der Waals surface area contributed by atoms with Gasteiger partial charge in [0.2, 0.25) is 0 Å². The summed E-state index contributed by atoms with van der Waals surface area (Å²) >= 11 is 55.4. The zero-order chi connectivity index (χ0) is 23.2. The van der Waals surface area contributed by atoms with Crippen LogP contribution in [0, 0.1) is 0 Å². The predicted molar refractivity (Wildman–Crippen MR) is 133 cm³/mol. The largest absolute Gasteiger partial charge is 0.454 e. The van der Waals surface area contributed by atoms with Crippen LogP contribution in [0.1, 0.15) is 0 Å². The van der Waals surface area contributed by atoms with Crippen LogP contribution < -0.4 is 20.9 Å². The number of ether oxygens (including phenoxy) is 2. The summed E-state index contributed by atoms with van der Waals surface area (Å²) in [5, 5.41) is 0.0701. The van der Waals surface area contributed by atoms with E-state index in [0.29, 0.717) is 0 Å². The van der Waals surface area contributed by atoms with Crippen LogP contribution in [-0.4, -0.2) is 0 Å². The first kappa shape index (κ1) is 25.1. The number of rotatable bonds is 4. The first-order valence-corrected chi connectivity index (χ1v) is 11.2. The molecule has 0 radical (unpaired) electrons. The second kappa shape index (κ2) is 9.76. The highest BCUT2D eigenvalue weighted by Crippen LogP contribution is 2.51. The van der Waals surface area contributed by atoms with Crippen molar-refractivity contribution >= 4 is 116 Å². The zero-order valence-electron chi connectivity index (χ0n) is 14.6. The highest BCUT2D eigenvalue weighted by molar-refractivity contribution is 6.50. The van der Waals surface area contributed by atoms with E-state index in [2.05, 4.69) is 0 Å². The molecule has 13 heteroatoms. The molecule has 0 unspecified atom stereocenters. The summed E-state index contributed by atoms with van der Waals surface area (Å²) in [6.07, 6.45) is 0. The summed E-state index contributed by atoms with van der Waals surface area (Å²) < 4.78 is 11.5.